The number of amides is 1. The van der Waals surface area contributed by atoms with Crippen molar-refractivity contribution in [2.24, 2.45) is 0 Å². The van der Waals surface area contributed by atoms with Crippen LogP contribution in [0.1, 0.15) is 6.42 Å². The fourth-order valence-electron chi connectivity index (χ4n) is 3.09. The van der Waals surface area contributed by atoms with Crippen molar-refractivity contribution >= 4 is 28.3 Å². The minimum Gasteiger partial charge on any atom is -0.368 e. The number of pyridine rings is 1. The number of aromatic nitrogens is 2. The Morgan fingerprint density at radius 3 is 3.16 bits per heavy atom. The second kappa shape index (κ2) is 3.48. The molecule has 19 heavy (non-hydrogen) atoms. The Hall–Kier alpha value is -2.08. The molecule has 0 aromatic carbocycles. The van der Waals surface area contributed by atoms with Gasteiger partial charge in [0.05, 0.1) is 17.6 Å². The van der Waals surface area contributed by atoms with E-state index in [1.54, 1.807) is 11.1 Å². The van der Waals surface area contributed by atoms with Crippen molar-refractivity contribution in [2.75, 3.05) is 30.4 Å². The fourth-order valence-corrected chi connectivity index (χ4v) is 3.09. The summed E-state index contributed by atoms with van der Waals surface area (Å²) in [6.07, 6.45) is 4.42. The highest BCUT2D eigenvalue weighted by atomic mass is 16.2. The summed E-state index contributed by atoms with van der Waals surface area (Å²) in [7, 11) is 1.82. The second-order valence-corrected chi connectivity index (χ2v) is 5.26. The van der Waals surface area contributed by atoms with Crippen LogP contribution in [-0.4, -0.2) is 41.6 Å². The van der Waals surface area contributed by atoms with Gasteiger partial charge < -0.3 is 20.5 Å². The number of carbonyl (C=O) groups excluding carboxylic acids is 1. The number of fused-ring (bicyclic) bond motifs is 3. The first-order valence-corrected chi connectivity index (χ1v) is 6.44. The molecule has 0 aliphatic carbocycles. The molecule has 6 nitrogen and oxygen atoms in total. The Bertz CT molecular complexity index is 671. The zero-order valence-electron chi connectivity index (χ0n) is 10.7. The van der Waals surface area contributed by atoms with Crippen molar-refractivity contribution < 1.29 is 4.79 Å². The Labute approximate surface area is 110 Å². The molecule has 4 rings (SSSR count). The summed E-state index contributed by atoms with van der Waals surface area (Å²) in [5.41, 5.74) is 2.18. The third-order valence-electron chi connectivity index (χ3n) is 4.16. The Kier molecular flexibility index (Phi) is 1.98. The smallest absolute Gasteiger partial charge is 0.253 e. The second-order valence-electron chi connectivity index (χ2n) is 5.26. The van der Waals surface area contributed by atoms with Crippen LogP contribution in [0.3, 0.4) is 0 Å². The quantitative estimate of drug-likeness (QED) is 0.649. The number of carbonyl (C=O) groups is 1. The van der Waals surface area contributed by atoms with E-state index in [-0.39, 0.29) is 5.91 Å². The van der Waals surface area contributed by atoms with Crippen LogP contribution in [0.15, 0.2) is 18.5 Å². The molecular weight excluding hydrogens is 242 g/mol. The first kappa shape index (κ1) is 10.8. The van der Waals surface area contributed by atoms with Crippen LogP contribution in [0, 0.1) is 0 Å². The van der Waals surface area contributed by atoms with Crippen LogP contribution in [0.4, 0.5) is 11.4 Å². The van der Waals surface area contributed by atoms with Crippen LogP contribution < -0.4 is 15.5 Å². The molecular formula is C13H15N5O. The topological polar surface area (TPSA) is 73.1 Å². The highest BCUT2D eigenvalue weighted by molar-refractivity contribution is 6.12. The SMILES string of the molecule is CN1C(=O)C2(CCNC2)Nc2c1cnc1[nH]ccc21. The summed E-state index contributed by atoms with van der Waals surface area (Å²) in [5.74, 6) is 0.113. The summed E-state index contributed by atoms with van der Waals surface area (Å²) in [6.45, 7) is 1.53. The highest BCUT2D eigenvalue weighted by Gasteiger charge is 2.47. The molecule has 1 fully saturated rings. The van der Waals surface area contributed by atoms with E-state index in [1.807, 2.05) is 19.3 Å². The summed E-state index contributed by atoms with van der Waals surface area (Å²) in [6, 6.07) is 1.99. The van der Waals surface area contributed by atoms with Gasteiger partial charge in [0.2, 0.25) is 0 Å². The van der Waals surface area contributed by atoms with E-state index in [9.17, 15) is 4.79 Å². The Morgan fingerprint density at radius 1 is 1.47 bits per heavy atom. The molecule has 1 unspecified atom stereocenters. The number of rotatable bonds is 0. The first-order valence-electron chi connectivity index (χ1n) is 6.44. The molecule has 1 saturated heterocycles. The summed E-state index contributed by atoms with van der Waals surface area (Å²) >= 11 is 0. The molecule has 2 aliphatic heterocycles. The van der Waals surface area contributed by atoms with E-state index in [4.69, 9.17) is 0 Å². The molecule has 0 bridgehead atoms. The van der Waals surface area contributed by atoms with Crippen molar-refractivity contribution in [3.63, 3.8) is 0 Å². The van der Waals surface area contributed by atoms with Crippen molar-refractivity contribution in [1.29, 1.82) is 0 Å². The zero-order valence-corrected chi connectivity index (χ0v) is 10.7. The van der Waals surface area contributed by atoms with Gasteiger partial charge in [-0.25, -0.2) is 4.98 Å². The minimum atomic E-state index is -0.507. The van der Waals surface area contributed by atoms with Gasteiger partial charge in [-0.05, 0) is 19.0 Å². The summed E-state index contributed by atoms with van der Waals surface area (Å²) < 4.78 is 0. The molecule has 0 radical (unpaired) electrons. The van der Waals surface area contributed by atoms with Gasteiger partial charge in [0.25, 0.3) is 5.91 Å². The van der Waals surface area contributed by atoms with Crippen molar-refractivity contribution in [3.8, 4) is 0 Å². The van der Waals surface area contributed by atoms with Crippen LogP contribution in [0.25, 0.3) is 11.0 Å². The van der Waals surface area contributed by atoms with E-state index in [2.05, 4.69) is 20.6 Å². The maximum atomic E-state index is 12.6. The molecule has 2 aromatic heterocycles. The predicted molar refractivity (Wildman–Crippen MR) is 73.3 cm³/mol. The molecule has 98 valence electrons. The van der Waals surface area contributed by atoms with E-state index < -0.39 is 5.54 Å². The number of nitrogens with zero attached hydrogens (tertiary/aromatic N) is 2. The number of anilines is 2. The maximum Gasteiger partial charge on any atom is 0.253 e. The molecule has 2 aliphatic rings. The molecule has 1 atom stereocenters. The number of hydrogen-bond acceptors (Lipinski definition) is 4. The third-order valence-corrected chi connectivity index (χ3v) is 4.16. The average molecular weight is 257 g/mol. The largest absolute Gasteiger partial charge is 0.368 e. The fraction of sp³-hybridized carbons (Fsp3) is 0.385. The van der Waals surface area contributed by atoms with Crippen LogP contribution in [0.2, 0.25) is 0 Å². The monoisotopic (exact) mass is 257 g/mol. The van der Waals surface area contributed by atoms with Crippen LogP contribution >= 0.6 is 0 Å². The maximum absolute atomic E-state index is 12.6. The molecule has 0 saturated carbocycles. The van der Waals surface area contributed by atoms with E-state index >= 15 is 0 Å². The van der Waals surface area contributed by atoms with Gasteiger partial charge in [-0.15, -0.1) is 0 Å². The molecule has 1 amide bonds. The van der Waals surface area contributed by atoms with Gasteiger partial charge in [0, 0.05) is 25.2 Å². The lowest BCUT2D eigenvalue weighted by Crippen LogP contribution is -2.57. The van der Waals surface area contributed by atoms with Crippen molar-refractivity contribution in [1.82, 2.24) is 15.3 Å². The minimum absolute atomic E-state index is 0.113. The van der Waals surface area contributed by atoms with Gasteiger partial charge in [-0.1, -0.05) is 0 Å². The van der Waals surface area contributed by atoms with Gasteiger partial charge in [0.1, 0.15) is 11.2 Å². The van der Waals surface area contributed by atoms with E-state index in [1.165, 1.54) is 0 Å². The van der Waals surface area contributed by atoms with Crippen LogP contribution in [0.5, 0.6) is 0 Å². The number of H-pyrrole nitrogens is 1. The lowest BCUT2D eigenvalue weighted by Gasteiger charge is -2.39. The number of hydrogen-bond donors (Lipinski definition) is 3. The summed E-state index contributed by atoms with van der Waals surface area (Å²) in [4.78, 5) is 21.7. The van der Waals surface area contributed by atoms with Gasteiger partial charge in [-0.2, -0.15) is 0 Å². The zero-order chi connectivity index (χ0) is 13.0. The van der Waals surface area contributed by atoms with Crippen LogP contribution in [-0.2, 0) is 4.79 Å². The van der Waals surface area contributed by atoms with Crippen molar-refractivity contribution in [3.05, 3.63) is 18.5 Å². The van der Waals surface area contributed by atoms with Gasteiger partial charge in [-0.3, -0.25) is 4.79 Å². The molecule has 4 heterocycles. The predicted octanol–water partition coefficient (Wildman–Crippen LogP) is 0.683. The number of nitrogens with one attached hydrogen (secondary N) is 3. The van der Waals surface area contributed by atoms with Gasteiger partial charge in [0.15, 0.2) is 0 Å². The summed E-state index contributed by atoms with van der Waals surface area (Å²) in [5, 5.41) is 7.77. The van der Waals surface area contributed by atoms with Crippen molar-refractivity contribution in [2.45, 2.75) is 12.0 Å². The van der Waals surface area contributed by atoms with E-state index in [0.29, 0.717) is 6.54 Å². The molecule has 1 spiro atoms. The standard InChI is InChI=1S/C13H15N5O/c1-18-9-6-16-11-8(2-4-15-11)10(9)17-13(12(18)19)3-5-14-7-13/h2,4,6,14,17H,3,5,7H2,1H3,(H,15,16). The number of aromatic amines is 1. The normalized spacial score (nSPS) is 25.9. The Morgan fingerprint density at radius 2 is 2.37 bits per heavy atom. The number of likely N-dealkylation sites (N-methyl/N-ethyl adjacent to an activating group) is 1. The highest BCUT2D eigenvalue weighted by Crippen LogP contribution is 2.40. The average Bonchev–Trinajstić information content (AvgIpc) is 3.05. The van der Waals surface area contributed by atoms with Gasteiger partial charge >= 0.3 is 0 Å². The third kappa shape index (κ3) is 1.29. The first-order chi connectivity index (χ1) is 9.21. The molecule has 3 N–H and O–H groups in total. The molecule has 6 heteroatoms. The lowest BCUT2D eigenvalue weighted by atomic mass is 9.92. The lowest BCUT2D eigenvalue weighted by molar-refractivity contribution is -0.122. The Balaban J connectivity index is 1.95. The van der Waals surface area contributed by atoms with E-state index in [0.717, 1.165) is 35.4 Å². The molecule has 2 aromatic rings.